The molecule has 0 amide bonds. The van der Waals surface area contributed by atoms with Gasteiger partial charge in [0.05, 0.1) is 5.69 Å². The predicted octanol–water partition coefficient (Wildman–Crippen LogP) is 1.38. The summed E-state index contributed by atoms with van der Waals surface area (Å²) in [6, 6.07) is 0.410. The second-order valence-corrected chi connectivity index (χ2v) is 4.89. The topological polar surface area (TPSA) is 47.1 Å². The van der Waals surface area contributed by atoms with E-state index < -0.39 is 0 Å². The molecule has 1 fully saturated rings. The Balaban J connectivity index is 0.00000144. The first kappa shape index (κ1) is 14.5. The van der Waals surface area contributed by atoms with Crippen LogP contribution in [0.2, 0.25) is 0 Å². The Morgan fingerprint density at radius 2 is 1.88 bits per heavy atom. The van der Waals surface area contributed by atoms with Crippen LogP contribution in [0.5, 0.6) is 0 Å². The van der Waals surface area contributed by atoms with Gasteiger partial charge in [-0.25, -0.2) is 0 Å². The van der Waals surface area contributed by atoms with E-state index in [4.69, 9.17) is 5.73 Å². The van der Waals surface area contributed by atoms with E-state index in [0.29, 0.717) is 6.04 Å². The van der Waals surface area contributed by atoms with Crippen LogP contribution < -0.4 is 5.73 Å². The molecule has 0 unspecified atom stereocenters. The summed E-state index contributed by atoms with van der Waals surface area (Å²) in [6.45, 7) is 7.51. The summed E-state index contributed by atoms with van der Waals surface area (Å²) in [5.41, 5.74) is 9.74. The van der Waals surface area contributed by atoms with Crippen LogP contribution in [0.4, 0.5) is 0 Å². The van der Waals surface area contributed by atoms with Gasteiger partial charge in [-0.3, -0.25) is 9.58 Å². The van der Waals surface area contributed by atoms with Gasteiger partial charge in [0.25, 0.3) is 0 Å². The number of aromatic nitrogens is 2. The summed E-state index contributed by atoms with van der Waals surface area (Å²) >= 11 is 0. The highest BCUT2D eigenvalue weighted by atomic mass is 35.5. The third-order valence-electron chi connectivity index (χ3n) is 3.67. The van der Waals surface area contributed by atoms with Crippen LogP contribution in [0.3, 0.4) is 0 Å². The number of halogens is 1. The molecule has 2 rings (SSSR count). The van der Waals surface area contributed by atoms with Gasteiger partial charge in [0.15, 0.2) is 0 Å². The maximum absolute atomic E-state index is 5.91. The number of likely N-dealkylation sites (tertiary alicyclic amines) is 1. The van der Waals surface area contributed by atoms with Gasteiger partial charge >= 0.3 is 0 Å². The van der Waals surface area contributed by atoms with Gasteiger partial charge in [0.2, 0.25) is 0 Å². The molecule has 5 heteroatoms. The van der Waals surface area contributed by atoms with Crippen LogP contribution in [0.1, 0.15) is 29.8 Å². The summed E-state index contributed by atoms with van der Waals surface area (Å²) in [6.07, 6.45) is 2.25. The molecule has 0 aromatic carbocycles. The van der Waals surface area contributed by atoms with Crippen LogP contribution in [0.25, 0.3) is 0 Å². The minimum absolute atomic E-state index is 0. The molecule has 17 heavy (non-hydrogen) atoms. The summed E-state index contributed by atoms with van der Waals surface area (Å²) in [5.74, 6) is 0. The minimum atomic E-state index is 0. The zero-order valence-corrected chi connectivity index (χ0v) is 11.8. The van der Waals surface area contributed by atoms with Crippen LogP contribution in [-0.4, -0.2) is 33.8 Å². The van der Waals surface area contributed by atoms with E-state index in [2.05, 4.69) is 23.8 Å². The molecular formula is C12H23ClN4. The molecule has 2 heterocycles. The van der Waals surface area contributed by atoms with Crippen molar-refractivity contribution in [1.29, 1.82) is 0 Å². The van der Waals surface area contributed by atoms with E-state index >= 15 is 0 Å². The van der Waals surface area contributed by atoms with E-state index in [1.54, 1.807) is 0 Å². The van der Waals surface area contributed by atoms with Crippen LogP contribution in [0.15, 0.2) is 0 Å². The Kier molecular flexibility index (Phi) is 4.98. The summed E-state index contributed by atoms with van der Waals surface area (Å²) < 4.78 is 1.97. The molecule has 0 spiro atoms. The lowest BCUT2D eigenvalue weighted by molar-refractivity contribution is 0.205. The molecule has 1 saturated heterocycles. The molecule has 1 aliphatic heterocycles. The van der Waals surface area contributed by atoms with E-state index in [-0.39, 0.29) is 12.4 Å². The molecule has 0 radical (unpaired) electrons. The summed E-state index contributed by atoms with van der Waals surface area (Å²) in [7, 11) is 2.01. The monoisotopic (exact) mass is 258 g/mol. The molecule has 0 atom stereocenters. The Hall–Kier alpha value is -0.580. The fourth-order valence-corrected chi connectivity index (χ4v) is 2.38. The van der Waals surface area contributed by atoms with E-state index in [0.717, 1.165) is 38.2 Å². The Labute approximate surface area is 110 Å². The Morgan fingerprint density at radius 1 is 1.29 bits per heavy atom. The largest absolute Gasteiger partial charge is 0.328 e. The SMILES string of the molecule is Cc1nn(C)c(C)c1CN1CCC(N)CC1.Cl. The van der Waals surface area contributed by atoms with Gasteiger partial charge in [-0.05, 0) is 39.8 Å². The van der Waals surface area contributed by atoms with Gasteiger partial charge in [0.1, 0.15) is 0 Å². The van der Waals surface area contributed by atoms with Crippen molar-refractivity contribution in [3.8, 4) is 0 Å². The van der Waals surface area contributed by atoms with Gasteiger partial charge in [0, 0.05) is 30.9 Å². The number of nitrogens with two attached hydrogens (primary N) is 1. The lowest BCUT2D eigenvalue weighted by Crippen LogP contribution is -2.39. The molecule has 0 aliphatic carbocycles. The summed E-state index contributed by atoms with van der Waals surface area (Å²) in [5, 5.41) is 4.46. The number of hydrogen-bond donors (Lipinski definition) is 1. The highest BCUT2D eigenvalue weighted by Crippen LogP contribution is 2.17. The van der Waals surface area contributed by atoms with Gasteiger partial charge in [-0.15, -0.1) is 12.4 Å². The van der Waals surface area contributed by atoms with Crippen LogP contribution in [-0.2, 0) is 13.6 Å². The van der Waals surface area contributed by atoms with E-state index in [9.17, 15) is 0 Å². The standard InChI is InChI=1S/C12H22N4.ClH/c1-9-12(10(2)15(3)14-9)8-16-6-4-11(13)5-7-16;/h11H,4-8,13H2,1-3H3;1H. The van der Waals surface area contributed by atoms with Crippen molar-refractivity contribution in [2.45, 2.75) is 39.3 Å². The van der Waals surface area contributed by atoms with Gasteiger partial charge in [-0.1, -0.05) is 0 Å². The molecule has 1 aliphatic rings. The van der Waals surface area contributed by atoms with Gasteiger partial charge in [-0.2, -0.15) is 5.10 Å². The second-order valence-electron chi connectivity index (χ2n) is 4.89. The molecule has 1 aromatic heterocycles. The number of piperidine rings is 1. The average Bonchev–Trinajstić information content (AvgIpc) is 2.48. The van der Waals surface area contributed by atoms with Crippen molar-refractivity contribution in [2.75, 3.05) is 13.1 Å². The van der Waals surface area contributed by atoms with E-state index in [1.807, 2.05) is 11.7 Å². The Bertz CT molecular complexity index is 367. The number of aryl methyl sites for hydroxylation is 2. The Morgan fingerprint density at radius 3 is 2.35 bits per heavy atom. The molecule has 2 N–H and O–H groups in total. The maximum atomic E-state index is 5.91. The predicted molar refractivity (Wildman–Crippen MR) is 72.4 cm³/mol. The molecule has 1 aromatic rings. The quantitative estimate of drug-likeness (QED) is 0.872. The lowest BCUT2D eigenvalue weighted by atomic mass is 10.0. The van der Waals surface area contributed by atoms with Crippen molar-refractivity contribution < 1.29 is 0 Å². The molecule has 4 nitrogen and oxygen atoms in total. The minimum Gasteiger partial charge on any atom is -0.328 e. The first-order chi connectivity index (χ1) is 7.58. The van der Waals surface area contributed by atoms with Crippen molar-refractivity contribution in [3.05, 3.63) is 17.0 Å². The molecule has 98 valence electrons. The maximum Gasteiger partial charge on any atom is 0.0641 e. The highest BCUT2D eigenvalue weighted by Gasteiger charge is 2.18. The smallest absolute Gasteiger partial charge is 0.0641 e. The first-order valence-electron chi connectivity index (χ1n) is 6.05. The van der Waals surface area contributed by atoms with Crippen LogP contribution >= 0.6 is 12.4 Å². The summed E-state index contributed by atoms with van der Waals surface area (Å²) in [4.78, 5) is 2.49. The van der Waals surface area contributed by atoms with Crippen molar-refractivity contribution in [2.24, 2.45) is 12.8 Å². The average molecular weight is 259 g/mol. The normalized spacial score (nSPS) is 18.1. The van der Waals surface area contributed by atoms with Crippen LogP contribution in [0, 0.1) is 13.8 Å². The van der Waals surface area contributed by atoms with Crippen molar-refractivity contribution >= 4 is 12.4 Å². The van der Waals surface area contributed by atoms with Gasteiger partial charge < -0.3 is 5.73 Å². The third kappa shape index (κ3) is 3.21. The second kappa shape index (κ2) is 5.85. The number of nitrogens with zero attached hydrogens (tertiary/aromatic N) is 3. The fourth-order valence-electron chi connectivity index (χ4n) is 2.38. The lowest BCUT2D eigenvalue weighted by Gasteiger charge is -2.30. The first-order valence-corrected chi connectivity index (χ1v) is 6.05. The third-order valence-corrected chi connectivity index (χ3v) is 3.67. The van der Waals surface area contributed by atoms with E-state index in [1.165, 1.54) is 11.3 Å². The fraction of sp³-hybridized carbons (Fsp3) is 0.750. The zero-order chi connectivity index (χ0) is 11.7. The number of rotatable bonds is 2. The molecule has 0 bridgehead atoms. The molecule has 0 saturated carbocycles. The number of hydrogen-bond acceptors (Lipinski definition) is 3. The van der Waals surface area contributed by atoms with Crippen molar-refractivity contribution in [1.82, 2.24) is 14.7 Å². The molecular weight excluding hydrogens is 236 g/mol. The van der Waals surface area contributed by atoms with Crippen molar-refractivity contribution in [3.63, 3.8) is 0 Å². The highest BCUT2D eigenvalue weighted by molar-refractivity contribution is 5.85. The zero-order valence-electron chi connectivity index (χ0n) is 10.9.